The maximum Gasteiger partial charge on any atom is 0.274 e. The van der Waals surface area contributed by atoms with Crippen molar-refractivity contribution in [1.82, 2.24) is 14.3 Å². The third-order valence-electron chi connectivity index (χ3n) is 2.88. The first-order chi connectivity index (χ1) is 7.74. The molecule has 2 aromatic rings. The fourth-order valence-corrected chi connectivity index (χ4v) is 2.91. The van der Waals surface area contributed by atoms with Gasteiger partial charge in [-0.1, -0.05) is 0 Å². The van der Waals surface area contributed by atoms with E-state index in [-0.39, 0.29) is 5.91 Å². The SMILES string of the molecule is Cc1cn2cc(C(=O)N3CCCC3)nc2s1. The maximum absolute atomic E-state index is 12.1. The number of carbonyl (C=O) groups excluding carboxylic acids is 1. The third-order valence-corrected chi connectivity index (χ3v) is 3.80. The van der Waals surface area contributed by atoms with Crippen LogP contribution >= 0.6 is 11.3 Å². The number of amides is 1. The summed E-state index contributed by atoms with van der Waals surface area (Å²) in [4.78, 5) is 20.4. The van der Waals surface area contributed by atoms with Gasteiger partial charge in [0.2, 0.25) is 0 Å². The molecule has 0 aromatic carbocycles. The lowest BCUT2D eigenvalue weighted by Crippen LogP contribution is -2.27. The molecule has 16 heavy (non-hydrogen) atoms. The van der Waals surface area contributed by atoms with Gasteiger partial charge < -0.3 is 4.90 Å². The van der Waals surface area contributed by atoms with Gasteiger partial charge in [0, 0.05) is 30.4 Å². The number of likely N-dealkylation sites (tertiary alicyclic amines) is 1. The molecule has 4 nitrogen and oxygen atoms in total. The van der Waals surface area contributed by atoms with Gasteiger partial charge in [-0.15, -0.1) is 11.3 Å². The number of aromatic nitrogens is 2. The summed E-state index contributed by atoms with van der Waals surface area (Å²) >= 11 is 1.61. The zero-order valence-corrected chi connectivity index (χ0v) is 9.96. The zero-order chi connectivity index (χ0) is 11.1. The molecule has 84 valence electrons. The fourth-order valence-electron chi connectivity index (χ4n) is 2.10. The molecule has 1 aliphatic heterocycles. The summed E-state index contributed by atoms with van der Waals surface area (Å²) in [5.74, 6) is 0.0750. The van der Waals surface area contributed by atoms with E-state index < -0.39 is 0 Å². The Morgan fingerprint density at radius 3 is 2.81 bits per heavy atom. The second kappa shape index (κ2) is 3.59. The van der Waals surface area contributed by atoms with Crippen LogP contribution in [0.4, 0.5) is 0 Å². The van der Waals surface area contributed by atoms with Crippen LogP contribution in [0.25, 0.3) is 4.96 Å². The Kier molecular flexibility index (Phi) is 2.21. The lowest BCUT2D eigenvalue weighted by molar-refractivity contribution is 0.0788. The van der Waals surface area contributed by atoms with Crippen LogP contribution < -0.4 is 0 Å². The summed E-state index contributed by atoms with van der Waals surface area (Å²) in [6.07, 6.45) is 6.08. The number of imidazole rings is 1. The molecule has 0 spiro atoms. The fraction of sp³-hybridized carbons (Fsp3) is 0.455. The lowest BCUT2D eigenvalue weighted by Gasteiger charge is -2.12. The highest BCUT2D eigenvalue weighted by Crippen LogP contribution is 2.18. The Bertz CT molecular complexity index is 505. The summed E-state index contributed by atoms with van der Waals surface area (Å²) < 4.78 is 1.93. The van der Waals surface area contributed by atoms with Gasteiger partial charge in [-0.3, -0.25) is 9.20 Å². The van der Waals surface area contributed by atoms with E-state index in [9.17, 15) is 4.79 Å². The lowest BCUT2D eigenvalue weighted by atomic mass is 10.4. The minimum atomic E-state index is 0.0750. The van der Waals surface area contributed by atoms with Crippen LogP contribution in [0.5, 0.6) is 0 Å². The van der Waals surface area contributed by atoms with E-state index in [0.717, 1.165) is 30.9 Å². The van der Waals surface area contributed by atoms with Crippen molar-refractivity contribution in [2.24, 2.45) is 0 Å². The van der Waals surface area contributed by atoms with Gasteiger partial charge in [0.1, 0.15) is 5.69 Å². The highest BCUT2D eigenvalue weighted by molar-refractivity contribution is 7.17. The van der Waals surface area contributed by atoms with Gasteiger partial charge in [0.05, 0.1) is 0 Å². The Hall–Kier alpha value is -1.36. The van der Waals surface area contributed by atoms with Crippen molar-refractivity contribution in [2.75, 3.05) is 13.1 Å². The van der Waals surface area contributed by atoms with Crippen molar-refractivity contribution >= 4 is 22.2 Å². The number of rotatable bonds is 1. The average molecular weight is 235 g/mol. The third kappa shape index (κ3) is 1.51. The molecule has 0 unspecified atom stereocenters. The highest BCUT2D eigenvalue weighted by atomic mass is 32.1. The molecule has 3 heterocycles. The average Bonchev–Trinajstić information content (AvgIpc) is 2.89. The molecule has 0 aliphatic carbocycles. The summed E-state index contributed by atoms with van der Waals surface area (Å²) in [7, 11) is 0. The number of carbonyl (C=O) groups is 1. The predicted molar refractivity (Wildman–Crippen MR) is 62.9 cm³/mol. The zero-order valence-electron chi connectivity index (χ0n) is 9.14. The van der Waals surface area contributed by atoms with Gasteiger partial charge in [0.25, 0.3) is 5.91 Å². The Morgan fingerprint density at radius 2 is 2.12 bits per heavy atom. The topological polar surface area (TPSA) is 37.6 Å². The van der Waals surface area contributed by atoms with Crippen molar-refractivity contribution in [3.8, 4) is 0 Å². The summed E-state index contributed by atoms with van der Waals surface area (Å²) in [6, 6.07) is 0. The van der Waals surface area contributed by atoms with E-state index in [1.165, 1.54) is 4.88 Å². The maximum atomic E-state index is 12.1. The van der Waals surface area contributed by atoms with Crippen LogP contribution in [0.1, 0.15) is 28.2 Å². The molecule has 1 aliphatic rings. The Labute approximate surface area is 97.5 Å². The van der Waals surface area contributed by atoms with E-state index in [2.05, 4.69) is 4.98 Å². The standard InChI is InChI=1S/C11H13N3OS/c1-8-6-14-7-9(12-11(14)16-8)10(15)13-4-2-3-5-13/h6-7H,2-5H2,1H3. The summed E-state index contributed by atoms with van der Waals surface area (Å²) in [5.41, 5.74) is 0.577. The van der Waals surface area contributed by atoms with Crippen LogP contribution in [0.2, 0.25) is 0 Å². The predicted octanol–water partition coefficient (Wildman–Crippen LogP) is 1.94. The van der Waals surface area contributed by atoms with Crippen LogP contribution in [0.3, 0.4) is 0 Å². The molecule has 0 atom stereocenters. The van der Waals surface area contributed by atoms with Crippen molar-refractivity contribution in [2.45, 2.75) is 19.8 Å². The molecule has 0 bridgehead atoms. The van der Waals surface area contributed by atoms with Gasteiger partial charge in [-0.25, -0.2) is 4.98 Å². The minimum Gasteiger partial charge on any atom is -0.337 e. The van der Waals surface area contributed by atoms with E-state index in [4.69, 9.17) is 0 Å². The van der Waals surface area contributed by atoms with Crippen molar-refractivity contribution in [1.29, 1.82) is 0 Å². The highest BCUT2D eigenvalue weighted by Gasteiger charge is 2.22. The van der Waals surface area contributed by atoms with Gasteiger partial charge >= 0.3 is 0 Å². The van der Waals surface area contributed by atoms with Crippen molar-refractivity contribution in [3.63, 3.8) is 0 Å². The van der Waals surface area contributed by atoms with Crippen LogP contribution in [-0.4, -0.2) is 33.3 Å². The molecule has 5 heteroatoms. The first-order valence-corrected chi connectivity index (χ1v) is 6.30. The monoisotopic (exact) mass is 235 g/mol. The Balaban J connectivity index is 1.92. The second-order valence-electron chi connectivity index (χ2n) is 4.16. The Morgan fingerprint density at radius 1 is 1.38 bits per heavy atom. The first kappa shape index (κ1) is 9.84. The smallest absolute Gasteiger partial charge is 0.274 e. The number of hydrogen-bond acceptors (Lipinski definition) is 3. The molecule has 1 fully saturated rings. The molecule has 1 saturated heterocycles. The molecule has 0 saturated carbocycles. The molecular weight excluding hydrogens is 222 g/mol. The molecular formula is C11H13N3OS. The van der Waals surface area contributed by atoms with Crippen LogP contribution in [0, 0.1) is 6.92 Å². The van der Waals surface area contributed by atoms with Gasteiger partial charge in [-0.05, 0) is 19.8 Å². The second-order valence-corrected chi connectivity index (χ2v) is 5.37. The van der Waals surface area contributed by atoms with Crippen molar-refractivity contribution < 1.29 is 4.79 Å². The van der Waals surface area contributed by atoms with Gasteiger partial charge in [-0.2, -0.15) is 0 Å². The van der Waals surface area contributed by atoms with Gasteiger partial charge in [0.15, 0.2) is 4.96 Å². The number of aryl methyl sites for hydroxylation is 1. The summed E-state index contributed by atoms with van der Waals surface area (Å²) in [5, 5.41) is 0. The van der Waals surface area contributed by atoms with E-state index in [1.807, 2.05) is 28.6 Å². The number of hydrogen-bond donors (Lipinski definition) is 0. The number of thiazole rings is 1. The largest absolute Gasteiger partial charge is 0.337 e. The summed E-state index contributed by atoms with van der Waals surface area (Å²) in [6.45, 7) is 3.80. The van der Waals surface area contributed by atoms with Crippen LogP contribution in [-0.2, 0) is 0 Å². The van der Waals surface area contributed by atoms with E-state index >= 15 is 0 Å². The molecule has 1 amide bonds. The van der Waals surface area contributed by atoms with E-state index in [0.29, 0.717) is 5.69 Å². The number of fused-ring (bicyclic) bond motifs is 1. The van der Waals surface area contributed by atoms with Crippen molar-refractivity contribution in [3.05, 3.63) is 23.0 Å². The van der Waals surface area contributed by atoms with E-state index in [1.54, 1.807) is 11.3 Å². The molecule has 0 radical (unpaired) electrons. The quantitative estimate of drug-likeness (QED) is 0.757. The van der Waals surface area contributed by atoms with Crippen LogP contribution in [0.15, 0.2) is 12.4 Å². The normalized spacial score (nSPS) is 16.2. The first-order valence-electron chi connectivity index (χ1n) is 5.48. The molecule has 3 rings (SSSR count). The molecule has 2 aromatic heterocycles. The number of nitrogens with zero attached hydrogens (tertiary/aromatic N) is 3. The molecule has 0 N–H and O–H groups in total. The minimum absolute atomic E-state index is 0.0750.